The zero-order valence-electron chi connectivity index (χ0n) is 16.8. The molecule has 2 aromatic rings. The van der Waals surface area contributed by atoms with Gasteiger partial charge in [0.15, 0.2) is 5.96 Å². The molecule has 29 heavy (non-hydrogen) atoms. The second-order valence-electron chi connectivity index (χ2n) is 6.01. The highest BCUT2D eigenvalue weighted by Gasteiger charge is 2.14. The first-order valence-electron chi connectivity index (χ1n) is 9.10. The minimum absolute atomic E-state index is 0. The summed E-state index contributed by atoms with van der Waals surface area (Å²) in [5, 5.41) is 17.5. The average molecular weight is 535 g/mol. The number of aliphatic hydroxyl groups is 1. The molecule has 1 unspecified atom stereocenters. The monoisotopic (exact) mass is 534 g/mol. The second kappa shape index (κ2) is 13.4. The Morgan fingerprint density at radius 1 is 1.21 bits per heavy atom. The van der Waals surface area contributed by atoms with E-state index in [-0.39, 0.29) is 30.5 Å². The predicted octanol–water partition coefficient (Wildman–Crippen LogP) is 3.20. The Labute approximate surface area is 193 Å². The number of ether oxygens (including phenoxy) is 2. The number of halogens is 2. The maximum Gasteiger partial charge on any atom is 0.191 e. The number of nitrogens with zero attached hydrogens (tertiary/aromatic N) is 2. The van der Waals surface area contributed by atoms with Crippen molar-refractivity contribution in [3.05, 3.63) is 52.8 Å². The summed E-state index contributed by atoms with van der Waals surface area (Å²) in [7, 11) is 3.15. The minimum atomic E-state index is -0.819. The third-order valence-corrected chi connectivity index (χ3v) is 4.28. The Bertz CT molecular complexity index is 775. The summed E-state index contributed by atoms with van der Waals surface area (Å²) >= 11 is 5.80. The molecule has 1 aromatic carbocycles. The van der Waals surface area contributed by atoms with Gasteiger partial charge in [0.05, 0.1) is 20.8 Å². The van der Waals surface area contributed by atoms with Gasteiger partial charge in [-0.15, -0.1) is 24.0 Å². The Morgan fingerprint density at radius 3 is 2.62 bits per heavy atom. The standard InChI is InChI=1S/C20H27ClN4O3.HI/c1-4-22-20(23-10-9-14-5-8-19(21)24-12-14)25-13-17(26)16-11-15(27-2)6-7-18(16)28-3;/h5-8,11-12,17,26H,4,9-10,13H2,1-3H3,(H2,22,23,25);1H. The molecule has 1 aromatic heterocycles. The van der Waals surface area contributed by atoms with Crippen LogP contribution in [0.2, 0.25) is 5.15 Å². The van der Waals surface area contributed by atoms with Crippen LogP contribution in [-0.4, -0.2) is 49.9 Å². The number of rotatable bonds is 9. The van der Waals surface area contributed by atoms with E-state index in [4.69, 9.17) is 21.1 Å². The van der Waals surface area contributed by atoms with Crippen molar-refractivity contribution < 1.29 is 14.6 Å². The number of aromatic nitrogens is 1. The van der Waals surface area contributed by atoms with Gasteiger partial charge in [0.2, 0.25) is 0 Å². The highest BCUT2D eigenvalue weighted by molar-refractivity contribution is 14.0. The molecule has 2 rings (SSSR count). The van der Waals surface area contributed by atoms with Crippen LogP contribution in [0.1, 0.15) is 24.2 Å². The summed E-state index contributed by atoms with van der Waals surface area (Å²) in [5.74, 6) is 1.88. The van der Waals surface area contributed by atoms with Gasteiger partial charge in [-0.1, -0.05) is 17.7 Å². The van der Waals surface area contributed by atoms with Crippen molar-refractivity contribution in [3.8, 4) is 11.5 Å². The lowest BCUT2D eigenvalue weighted by Crippen LogP contribution is -2.38. The van der Waals surface area contributed by atoms with Crippen LogP contribution in [0, 0.1) is 0 Å². The van der Waals surface area contributed by atoms with E-state index >= 15 is 0 Å². The first-order valence-corrected chi connectivity index (χ1v) is 9.47. The third-order valence-electron chi connectivity index (χ3n) is 4.06. The maximum atomic E-state index is 10.6. The van der Waals surface area contributed by atoms with Gasteiger partial charge < -0.3 is 25.2 Å². The topological polar surface area (TPSA) is 88.0 Å². The highest BCUT2D eigenvalue weighted by Crippen LogP contribution is 2.29. The molecule has 0 aliphatic rings. The largest absolute Gasteiger partial charge is 0.497 e. The van der Waals surface area contributed by atoms with Crippen LogP contribution in [0.25, 0.3) is 0 Å². The fourth-order valence-corrected chi connectivity index (χ4v) is 2.71. The van der Waals surface area contributed by atoms with Crippen molar-refractivity contribution in [1.82, 2.24) is 15.6 Å². The Morgan fingerprint density at radius 2 is 2.00 bits per heavy atom. The number of nitrogens with one attached hydrogen (secondary N) is 2. The van der Waals surface area contributed by atoms with Crippen molar-refractivity contribution in [3.63, 3.8) is 0 Å². The highest BCUT2D eigenvalue weighted by atomic mass is 127. The summed E-state index contributed by atoms with van der Waals surface area (Å²) in [6.07, 6.45) is 1.72. The summed E-state index contributed by atoms with van der Waals surface area (Å²) in [6.45, 7) is 3.56. The van der Waals surface area contributed by atoms with Crippen molar-refractivity contribution in [2.75, 3.05) is 33.9 Å². The van der Waals surface area contributed by atoms with E-state index in [2.05, 4.69) is 20.6 Å². The quantitative estimate of drug-likeness (QED) is 0.198. The molecule has 0 saturated carbocycles. The lowest BCUT2D eigenvalue weighted by Gasteiger charge is -2.16. The molecule has 1 atom stereocenters. The summed E-state index contributed by atoms with van der Waals surface area (Å²) in [6, 6.07) is 9.03. The molecule has 0 fully saturated rings. The zero-order chi connectivity index (χ0) is 20.4. The maximum absolute atomic E-state index is 10.6. The Hall–Kier alpha value is -1.78. The molecule has 9 heteroatoms. The van der Waals surface area contributed by atoms with Gasteiger partial charge in [-0.3, -0.25) is 4.99 Å². The van der Waals surface area contributed by atoms with Gasteiger partial charge in [-0.25, -0.2) is 4.98 Å². The van der Waals surface area contributed by atoms with E-state index < -0.39 is 6.10 Å². The van der Waals surface area contributed by atoms with Gasteiger partial charge in [0.25, 0.3) is 0 Å². The normalized spacial score (nSPS) is 12.0. The number of methoxy groups -OCH3 is 2. The van der Waals surface area contributed by atoms with Gasteiger partial charge in [0, 0.05) is 24.8 Å². The summed E-state index contributed by atoms with van der Waals surface area (Å²) in [4.78, 5) is 8.55. The molecule has 0 aliphatic heterocycles. The number of aliphatic hydroxyl groups excluding tert-OH is 1. The first kappa shape index (κ1) is 25.3. The van der Waals surface area contributed by atoms with Crippen LogP contribution in [0.5, 0.6) is 11.5 Å². The SMILES string of the molecule is CCNC(=NCC(O)c1cc(OC)ccc1OC)NCCc1ccc(Cl)nc1.I. The fourth-order valence-electron chi connectivity index (χ4n) is 2.60. The second-order valence-corrected chi connectivity index (χ2v) is 6.40. The Balaban J connectivity index is 0.00000420. The van der Waals surface area contributed by atoms with Crippen molar-refractivity contribution in [1.29, 1.82) is 0 Å². The lowest BCUT2D eigenvalue weighted by molar-refractivity contribution is 0.182. The molecule has 0 saturated heterocycles. The smallest absolute Gasteiger partial charge is 0.191 e. The molecular formula is C20H28ClIN4O3. The third kappa shape index (κ3) is 8.23. The zero-order valence-corrected chi connectivity index (χ0v) is 19.9. The van der Waals surface area contributed by atoms with Crippen LogP contribution in [0.3, 0.4) is 0 Å². The fraction of sp³-hybridized carbons (Fsp3) is 0.400. The van der Waals surface area contributed by atoms with Crippen molar-refractivity contribution >= 4 is 41.5 Å². The molecule has 0 amide bonds. The van der Waals surface area contributed by atoms with Gasteiger partial charge in [0.1, 0.15) is 22.8 Å². The first-order chi connectivity index (χ1) is 13.6. The molecule has 0 radical (unpaired) electrons. The van der Waals surface area contributed by atoms with Crippen LogP contribution < -0.4 is 20.1 Å². The van der Waals surface area contributed by atoms with E-state index in [1.165, 1.54) is 0 Å². The van der Waals surface area contributed by atoms with Gasteiger partial charge in [-0.2, -0.15) is 0 Å². The van der Waals surface area contributed by atoms with Gasteiger partial charge in [-0.05, 0) is 43.2 Å². The predicted molar refractivity (Wildman–Crippen MR) is 127 cm³/mol. The molecule has 0 aliphatic carbocycles. The summed E-state index contributed by atoms with van der Waals surface area (Å²) < 4.78 is 10.6. The van der Waals surface area contributed by atoms with Crippen LogP contribution in [0.15, 0.2) is 41.5 Å². The number of benzene rings is 1. The van der Waals surface area contributed by atoms with E-state index in [0.717, 1.165) is 12.0 Å². The number of guanidine groups is 1. The molecule has 1 heterocycles. The summed E-state index contributed by atoms with van der Waals surface area (Å²) in [5.41, 5.74) is 1.71. The molecule has 3 N–H and O–H groups in total. The number of hydrogen-bond acceptors (Lipinski definition) is 5. The Kier molecular flexibility index (Phi) is 11.7. The van der Waals surface area contributed by atoms with Crippen molar-refractivity contribution in [2.24, 2.45) is 4.99 Å². The number of pyridine rings is 1. The number of hydrogen-bond donors (Lipinski definition) is 3. The molecule has 0 bridgehead atoms. The van der Waals surface area contributed by atoms with E-state index in [1.54, 1.807) is 44.7 Å². The molecule has 7 nitrogen and oxygen atoms in total. The van der Waals surface area contributed by atoms with E-state index in [0.29, 0.717) is 41.3 Å². The van der Waals surface area contributed by atoms with E-state index in [9.17, 15) is 5.11 Å². The molecule has 0 spiro atoms. The molecule has 160 valence electrons. The molecular weight excluding hydrogens is 507 g/mol. The lowest BCUT2D eigenvalue weighted by atomic mass is 10.1. The van der Waals surface area contributed by atoms with Crippen LogP contribution >= 0.6 is 35.6 Å². The minimum Gasteiger partial charge on any atom is -0.497 e. The van der Waals surface area contributed by atoms with Gasteiger partial charge >= 0.3 is 0 Å². The van der Waals surface area contributed by atoms with E-state index in [1.807, 2.05) is 13.0 Å². The number of aliphatic imine (C=N–C) groups is 1. The average Bonchev–Trinajstić information content (AvgIpc) is 2.72. The van der Waals surface area contributed by atoms with Crippen LogP contribution in [0.4, 0.5) is 0 Å². The van der Waals surface area contributed by atoms with Crippen LogP contribution in [-0.2, 0) is 6.42 Å². The van der Waals surface area contributed by atoms with Crippen molar-refractivity contribution in [2.45, 2.75) is 19.4 Å².